The molecule has 0 bridgehead atoms. The number of esters is 1. The van der Waals surface area contributed by atoms with Crippen molar-refractivity contribution in [3.63, 3.8) is 0 Å². The molecule has 14 heavy (non-hydrogen) atoms. The van der Waals surface area contributed by atoms with Crippen LogP contribution >= 0.6 is 0 Å². The number of nitrogens with one attached hydrogen (secondary N) is 1. The molecule has 0 aliphatic carbocycles. The van der Waals surface area contributed by atoms with E-state index in [1.165, 1.54) is 19.3 Å². The van der Waals surface area contributed by atoms with E-state index in [2.05, 4.69) is 14.9 Å². The van der Waals surface area contributed by atoms with Crippen LogP contribution in [0.15, 0.2) is 6.08 Å². The number of nitrogens with zero attached hydrogens (tertiary/aromatic N) is 2. The van der Waals surface area contributed by atoms with Crippen molar-refractivity contribution in [1.82, 2.24) is 10.2 Å². The van der Waals surface area contributed by atoms with E-state index in [4.69, 9.17) is 11.0 Å². The van der Waals surface area contributed by atoms with E-state index in [-0.39, 0.29) is 11.4 Å². The Morgan fingerprint density at radius 2 is 2.50 bits per heavy atom. The third-order valence-electron chi connectivity index (χ3n) is 1.52. The molecule has 0 saturated carbocycles. The molecule has 0 saturated heterocycles. The minimum Gasteiger partial charge on any atom is -0.466 e. The van der Waals surface area contributed by atoms with Crippen LogP contribution < -0.4 is 5.73 Å². The normalized spacial score (nSPS) is 10.0. The highest BCUT2D eigenvalue weighted by atomic mass is 16.5. The molecule has 1 heterocycles. The molecule has 0 atom stereocenters. The maximum atomic E-state index is 10.7. The largest absolute Gasteiger partial charge is 0.466 e. The van der Waals surface area contributed by atoms with E-state index in [1.54, 1.807) is 0 Å². The second-order valence-corrected chi connectivity index (χ2v) is 2.37. The van der Waals surface area contributed by atoms with E-state index < -0.39 is 5.97 Å². The summed E-state index contributed by atoms with van der Waals surface area (Å²) >= 11 is 0. The van der Waals surface area contributed by atoms with E-state index in [1.807, 2.05) is 6.07 Å². The molecule has 6 heteroatoms. The summed E-state index contributed by atoms with van der Waals surface area (Å²) in [6, 6.07) is 1.86. The number of methoxy groups -OCH3 is 1. The van der Waals surface area contributed by atoms with Gasteiger partial charge in [-0.1, -0.05) is 0 Å². The summed E-state index contributed by atoms with van der Waals surface area (Å²) in [5, 5.41) is 14.8. The molecule has 0 spiro atoms. The van der Waals surface area contributed by atoms with Gasteiger partial charge in [0.25, 0.3) is 0 Å². The number of aromatic nitrogens is 2. The number of carbonyl (C=O) groups excluding carboxylic acids is 1. The lowest BCUT2D eigenvalue weighted by Gasteiger charge is -1.89. The molecule has 1 rings (SSSR count). The molecule has 1 aromatic rings. The summed E-state index contributed by atoms with van der Waals surface area (Å²) in [6.07, 6.45) is 2.56. The van der Waals surface area contributed by atoms with Crippen molar-refractivity contribution in [2.75, 3.05) is 12.8 Å². The van der Waals surface area contributed by atoms with Crippen molar-refractivity contribution in [2.24, 2.45) is 0 Å². The Morgan fingerprint density at radius 3 is 3.07 bits per heavy atom. The first-order valence-corrected chi connectivity index (χ1v) is 3.69. The molecular formula is C8H8N4O2. The third kappa shape index (κ3) is 1.90. The van der Waals surface area contributed by atoms with Crippen LogP contribution in [0.5, 0.6) is 0 Å². The Labute approximate surface area is 80.0 Å². The van der Waals surface area contributed by atoms with Gasteiger partial charge >= 0.3 is 5.97 Å². The first-order valence-electron chi connectivity index (χ1n) is 3.69. The van der Waals surface area contributed by atoms with Gasteiger partial charge in [0.2, 0.25) is 0 Å². The predicted molar refractivity (Wildman–Crippen MR) is 48.8 cm³/mol. The molecule has 0 radical (unpaired) electrons. The highest BCUT2D eigenvalue weighted by molar-refractivity contribution is 5.87. The maximum absolute atomic E-state index is 10.7. The van der Waals surface area contributed by atoms with Crippen LogP contribution in [-0.2, 0) is 9.53 Å². The number of aromatic amines is 1. The summed E-state index contributed by atoms with van der Waals surface area (Å²) in [5.74, 6) is -0.404. The van der Waals surface area contributed by atoms with Gasteiger partial charge in [-0.05, 0) is 6.08 Å². The van der Waals surface area contributed by atoms with Gasteiger partial charge in [0, 0.05) is 6.08 Å². The quantitative estimate of drug-likeness (QED) is 0.508. The standard InChI is InChI=1S/C8H8N4O2/c1-14-7(13)3-2-6-5(4-9)8(10)12-11-6/h2-3H,1H3,(H3,10,11,12). The molecule has 0 aromatic carbocycles. The Bertz CT molecular complexity index is 413. The number of carbonyl (C=O) groups is 1. The Balaban J connectivity index is 2.93. The Hall–Kier alpha value is -2.29. The van der Waals surface area contributed by atoms with Gasteiger partial charge in [-0.15, -0.1) is 0 Å². The van der Waals surface area contributed by atoms with Crippen LogP contribution in [0.3, 0.4) is 0 Å². The SMILES string of the molecule is COC(=O)C=Cc1[nH]nc(N)c1C#N. The number of H-pyrrole nitrogens is 1. The summed E-state index contributed by atoms with van der Waals surface area (Å²) in [7, 11) is 1.26. The number of nitriles is 1. The molecule has 0 amide bonds. The number of hydrogen-bond donors (Lipinski definition) is 2. The minimum absolute atomic E-state index is 0.108. The van der Waals surface area contributed by atoms with Gasteiger partial charge in [-0.25, -0.2) is 4.79 Å². The maximum Gasteiger partial charge on any atom is 0.330 e. The van der Waals surface area contributed by atoms with Gasteiger partial charge in [0.1, 0.15) is 11.6 Å². The zero-order chi connectivity index (χ0) is 10.6. The summed E-state index contributed by atoms with van der Waals surface area (Å²) in [5.41, 5.74) is 5.97. The number of anilines is 1. The highest BCUT2D eigenvalue weighted by Gasteiger charge is 2.07. The van der Waals surface area contributed by atoms with Crippen LogP contribution in [0.2, 0.25) is 0 Å². The second kappa shape index (κ2) is 4.09. The fraction of sp³-hybridized carbons (Fsp3) is 0.125. The van der Waals surface area contributed by atoms with Crippen molar-refractivity contribution in [1.29, 1.82) is 5.26 Å². The lowest BCUT2D eigenvalue weighted by molar-refractivity contribution is -0.134. The third-order valence-corrected chi connectivity index (χ3v) is 1.52. The van der Waals surface area contributed by atoms with E-state index in [0.717, 1.165) is 0 Å². The molecule has 3 N–H and O–H groups in total. The van der Waals surface area contributed by atoms with E-state index >= 15 is 0 Å². The van der Waals surface area contributed by atoms with E-state index in [9.17, 15) is 4.79 Å². The monoisotopic (exact) mass is 192 g/mol. The highest BCUT2D eigenvalue weighted by Crippen LogP contribution is 2.12. The number of nitrogens with two attached hydrogens (primary N) is 1. The Kier molecular flexibility index (Phi) is 2.86. The van der Waals surface area contributed by atoms with Gasteiger partial charge in [0.05, 0.1) is 12.8 Å². The fourth-order valence-corrected chi connectivity index (χ4v) is 0.828. The number of rotatable bonds is 2. The number of hydrogen-bond acceptors (Lipinski definition) is 5. The van der Waals surface area contributed by atoms with Crippen molar-refractivity contribution < 1.29 is 9.53 Å². The van der Waals surface area contributed by atoms with Gasteiger partial charge in [-0.3, -0.25) is 5.10 Å². The van der Waals surface area contributed by atoms with Gasteiger partial charge in [-0.2, -0.15) is 10.4 Å². The molecular weight excluding hydrogens is 184 g/mol. The predicted octanol–water partition coefficient (Wildman–Crippen LogP) is 0.0498. The van der Waals surface area contributed by atoms with Crippen LogP contribution in [0.1, 0.15) is 11.3 Å². The van der Waals surface area contributed by atoms with Gasteiger partial charge < -0.3 is 10.5 Å². The lowest BCUT2D eigenvalue weighted by Crippen LogP contribution is -1.93. The van der Waals surface area contributed by atoms with E-state index in [0.29, 0.717) is 5.69 Å². The van der Waals surface area contributed by atoms with Crippen molar-refractivity contribution in [2.45, 2.75) is 0 Å². The lowest BCUT2D eigenvalue weighted by atomic mass is 10.2. The average molecular weight is 192 g/mol. The second-order valence-electron chi connectivity index (χ2n) is 2.37. The Morgan fingerprint density at radius 1 is 1.79 bits per heavy atom. The molecule has 0 aliphatic rings. The van der Waals surface area contributed by atoms with Crippen LogP contribution in [0, 0.1) is 11.3 Å². The zero-order valence-corrected chi connectivity index (χ0v) is 7.44. The first kappa shape index (κ1) is 9.80. The molecule has 1 aromatic heterocycles. The van der Waals surface area contributed by atoms with Crippen molar-refractivity contribution in [3.05, 3.63) is 17.3 Å². The van der Waals surface area contributed by atoms with Crippen LogP contribution in [0.4, 0.5) is 5.82 Å². The molecule has 6 nitrogen and oxygen atoms in total. The van der Waals surface area contributed by atoms with Gasteiger partial charge in [0.15, 0.2) is 5.82 Å². The summed E-state index contributed by atoms with van der Waals surface area (Å²) in [4.78, 5) is 10.7. The molecule has 0 unspecified atom stereocenters. The van der Waals surface area contributed by atoms with Crippen molar-refractivity contribution >= 4 is 17.9 Å². The molecule has 72 valence electrons. The average Bonchev–Trinajstić information content (AvgIpc) is 2.55. The summed E-state index contributed by atoms with van der Waals surface area (Å²) < 4.78 is 4.38. The van der Waals surface area contributed by atoms with Crippen LogP contribution in [0.25, 0.3) is 6.08 Å². The number of ether oxygens (including phenoxy) is 1. The zero-order valence-electron chi connectivity index (χ0n) is 7.44. The summed E-state index contributed by atoms with van der Waals surface area (Å²) in [6.45, 7) is 0. The molecule has 0 aliphatic heterocycles. The first-order chi connectivity index (χ1) is 6.69. The fourth-order valence-electron chi connectivity index (χ4n) is 0.828. The van der Waals surface area contributed by atoms with Crippen molar-refractivity contribution in [3.8, 4) is 6.07 Å². The number of nitrogen functional groups attached to an aromatic ring is 1. The molecule has 0 fully saturated rings. The topological polar surface area (TPSA) is 105 Å². The van der Waals surface area contributed by atoms with Crippen LogP contribution in [-0.4, -0.2) is 23.3 Å². The minimum atomic E-state index is -0.512. The smallest absolute Gasteiger partial charge is 0.330 e.